The summed E-state index contributed by atoms with van der Waals surface area (Å²) in [6, 6.07) is 28.6. The van der Waals surface area contributed by atoms with Gasteiger partial charge >= 0.3 is 88.7 Å². The average molecular weight is 1280 g/mol. The molecule has 2 aliphatic heterocycles. The summed E-state index contributed by atoms with van der Waals surface area (Å²) in [6.45, 7) is 32.5. The second-order valence-electron chi connectivity index (χ2n) is 26.2. The van der Waals surface area contributed by atoms with Crippen LogP contribution in [0.15, 0.2) is 112 Å². The number of aromatic amines is 2. The smallest absolute Gasteiger partial charge is 0.744 e. The predicted molar refractivity (Wildman–Crippen MR) is 339 cm³/mol. The van der Waals surface area contributed by atoms with Crippen LogP contribution in [0.25, 0.3) is 90.9 Å². The first kappa shape index (κ1) is 69.4. The number of H-pyrrole nitrogens is 2. The Morgan fingerprint density at radius 1 is 0.313 bits per heavy atom. The van der Waals surface area contributed by atoms with Gasteiger partial charge in [-0.1, -0.05) is 161 Å². The van der Waals surface area contributed by atoms with Crippen LogP contribution in [0.3, 0.4) is 0 Å². The number of hydrogen-bond donors (Lipinski definition) is 2. The first-order chi connectivity index (χ1) is 36.6. The third-order valence-electron chi connectivity index (χ3n) is 14.8. The number of nitrogens with one attached hydrogen (secondary N) is 2. The number of aromatic nitrogens is 4. The monoisotopic (exact) mass is 1280 g/mol. The normalized spacial score (nSPS) is 13.3. The van der Waals surface area contributed by atoms with Crippen molar-refractivity contribution in [2.45, 2.75) is 113 Å². The summed E-state index contributed by atoms with van der Waals surface area (Å²) >= 11 is 0. The van der Waals surface area contributed by atoms with Crippen LogP contribution in [0.1, 0.15) is 22.8 Å². The van der Waals surface area contributed by atoms with E-state index in [-0.39, 0.29) is 98.5 Å². The molecule has 0 fully saturated rings. The van der Waals surface area contributed by atoms with Gasteiger partial charge in [-0.3, -0.25) is 0 Å². The molecule has 2 N–H and O–H groups in total. The van der Waals surface area contributed by atoms with Gasteiger partial charge in [-0.2, -0.15) is 0 Å². The number of fused-ring (bicyclic) bond motifs is 8. The van der Waals surface area contributed by atoms with E-state index in [0.717, 1.165) is 21.5 Å². The summed E-state index contributed by atoms with van der Waals surface area (Å²) < 4.78 is 118. The van der Waals surface area contributed by atoms with E-state index in [1.807, 2.05) is 74.3 Å². The van der Waals surface area contributed by atoms with Crippen LogP contribution in [-0.2, 0) is 30.4 Å². The molecular weight excluding hydrogens is 1210 g/mol. The van der Waals surface area contributed by atoms with Crippen LogP contribution >= 0.6 is 0 Å². The summed E-state index contributed by atoms with van der Waals surface area (Å²) in [6.07, 6.45) is 7.38. The van der Waals surface area contributed by atoms with Crippen molar-refractivity contribution in [3.8, 4) is 44.5 Å². The molecule has 5 heterocycles. The molecule has 0 amide bonds. The van der Waals surface area contributed by atoms with Gasteiger partial charge in [0.1, 0.15) is 30.4 Å². The van der Waals surface area contributed by atoms with Gasteiger partial charge in [0.2, 0.25) is 0 Å². The zero-order chi connectivity index (χ0) is 58.8. The molecule has 9 rings (SSSR count). The van der Waals surface area contributed by atoms with Gasteiger partial charge < -0.3 is 23.6 Å². The van der Waals surface area contributed by atoms with Crippen molar-refractivity contribution in [2.24, 2.45) is 0 Å². The molecule has 0 saturated carbocycles. The fraction of sp³-hybridized carbons (Fsp3) is 0.254. The molecule has 4 aromatic carbocycles. The molecule has 0 atom stereocenters. The van der Waals surface area contributed by atoms with Crippen LogP contribution in [-0.4, -0.2) is 99.2 Å². The molecule has 7 aromatic rings. The summed E-state index contributed by atoms with van der Waals surface area (Å²) in [7, 11) is -25.9. The SMILES string of the molecule is C[Si](C)(C)c1cc(-c2c3nc(c(-c4cc([Si](C)(C)C)cc(S(=O)(=O)[O-])c4)c4ccc([nH]4)c(-c4cc([Si](C)(C)C)cc(S(=O)(=O)[O-])c4)c4nc(c(-c5cc([Si](C)(C)C)cc(S(=O)(=O)[O-])c5)c5ccc2[nH]5)C=C4)C=C3)cc([Si](C)(C)C)c1.[Na+].[Na+].[Na+]. The minimum absolute atomic E-state index is 0. The third kappa shape index (κ3) is 15.1. The van der Waals surface area contributed by atoms with Crippen LogP contribution < -0.4 is 115 Å². The maximum Gasteiger partial charge on any atom is 1.00 e. The van der Waals surface area contributed by atoms with E-state index in [4.69, 9.17) is 9.97 Å². The van der Waals surface area contributed by atoms with E-state index in [2.05, 4.69) is 107 Å². The molecule has 0 aliphatic carbocycles. The van der Waals surface area contributed by atoms with E-state index >= 15 is 0 Å². The molecule has 2 aliphatic rings. The van der Waals surface area contributed by atoms with Gasteiger partial charge in [-0.25, -0.2) is 35.2 Å². The molecule has 0 spiro atoms. The summed E-state index contributed by atoms with van der Waals surface area (Å²) in [5.74, 6) is 0. The van der Waals surface area contributed by atoms with Crippen molar-refractivity contribution in [2.75, 3.05) is 0 Å². The standard InChI is InChI=1S/C59H70N4O9S3Si5.3Na/c1-76(2,3)43-27-36(24-40(32-43)73(64,65)66)56-48-16-18-50(60-48)57(37-25-41(74(67,68)69)33-44(28-37)77(4,5)6)52-20-22-54(62-52)59(39-30-46(79(10,11)12)35-47(31-39)80(13,14)15)55-23-21-53(63-55)58(51-19-17-49(56)61-51)38-26-42(75(70,71)72)34-45(29-38)78(7,8)9;;;/h16-35,60,63H,1-15H3,(H,64,65,66)(H,67,68,69)(H,70,71,72);;;/q;3*+1/p-3. The predicted octanol–water partition coefficient (Wildman–Crippen LogP) is 1.77. The Hall–Kier alpha value is -2.71. The van der Waals surface area contributed by atoms with Crippen molar-refractivity contribution in [1.29, 1.82) is 0 Å². The number of benzene rings is 4. The maximum absolute atomic E-state index is 13.1. The van der Waals surface area contributed by atoms with Gasteiger partial charge in [0.15, 0.2) is 0 Å². The van der Waals surface area contributed by atoms with E-state index in [1.54, 1.807) is 12.2 Å². The first-order valence-corrected chi connectivity index (χ1v) is 48.1. The molecule has 8 bridgehead atoms. The molecule has 24 heteroatoms. The zero-order valence-corrected chi connectivity index (χ0v) is 64.3. The minimum atomic E-state index is -4.99. The Balaban J connectivity index is 0.00000369. The third-order valence-corrected chi connectivity index (χ3v) is 27.3. The number of nitrogens with zero attached hydrogens (tertiary/aromatic N) is 2. The Kier molecular flexibility index (Phi) is 20.4. The van der Waals surface area contributed by atoms with Crippen molar-refractivity contribution < 1.29 is 128 Å². The molecule has 418 valence electrons. The Morgan fingerprint density at radius 2 is 0.506 bits per heavy atom. The fourth-order valence-electron chi connectivity index (χ4n) is 10.0. The molecule has 13 nitrogen and oxygen atoms in total. The van der Waals surface area contributed by atoms with Gasteiger partial charge in [0, 0.05) is 44.3 Å². The van der Waals surface area contributed by atoms with Crippen LogP contribution in [0.4, 0.5) is 0 Å². The second kappa shape index (κ2) is 24.3. The van der Waals surface area contributed by atoms with Gasteiger partial charge in [0.05, 0.1) is 77.8 Å². The molecule has 0 saturated heterocycles. The Bertz CT molecular complexity index is 4260. The van der Waals surface area contributed by atoms with E-state index in [1.165, 1.54) is 46.8 Å². The molecular formula is C59H67N4Na3O9S3Si5. The van der Waals surface area contributed by atoms with Crippen molar-refractivity contribution in [3.63, 3.8) is 0 Å². The second-order valence-corrected chi connectivity index (χ2v) is 55.7. The van der Waals surface area contributed by atoms with Crippen molar-refractivity contribution >= 4 is 143 Å². The molecule has 83 heavy (non-hydrogen) atoms. The quantitative estimate of drug-likeness (QED) is 0.132. The minimum Gasteiger partial charge on any atom is -0.744 e. The van der Waals surface area contributed by atoms with Crippen LogP contribution in [0.2, 0.25) is 98.2 Å². The Morgan fingerprint density at radius 3 is 0.699 bits per heavy atom. The zero-order valence-electron chi connectivity index (χ0n) is 50.8. The Labute approximate surface area is 561 Å². The largest absolute Gasteiger partial charge is 1.00 e. The van der Waals surface area contributed by atoms with Crippen LogP contribution in [0.5, 0.6) is 0 Å². The van der Waals surface area contributed by atoms with Gasteiger partial charge in [-0.15, -0.1) is 0 Å². The van der Waals surface area contributed by atoms with E-state index in [0.29, 0.717) is 83.4 Å². The van der Waals surface area contributed by atoms with E-state index in [9.17, 15) is 38.9 Å². The number of rotatable bonds is 12. The first-order valence-electron chi connectivity index (χ1n) is 26.3. The summed E-state index contributed by atoms with van der Waals surface area (Å²) in [5, 5.41) is 4.66. The maximum atomic E-state index is 13.1. The van der Waals surface area contributed by atoms with Crippen LogP contribution in [0, 0.1) is 0 Å². The molecule has 0 radical (unpaired) electrons. The average Bonchev–Trinajstić information content (AvgIpc) is 4.17. The van der Waals surface area contributed by atoms with Gasteiger partial charge in [0.25, 0.3) is 0 Å². The van der Waals surface area contributed by atoms with Crippen molar-refractivity contribution in [3.05, 3.63) is 120 Å². The molecule has 3 aromatic heterocycles. The molecule has 0 unspecified atom stereocenters. The number of hydrogen-bond acceptors (Lipinski definition) is 11. The summed E-state index contributed by atoms with van der Waals surface area (Å²) in [4.78, 5) is 17.0. The summed E-state index contributed by atoms with van der Waals surface area (Å²) in [5.41, 5.74) is 8.21. The van der Waals surface area contributed by atoms with Crippen molar-refractivity contribution in [1.82, 2.24) is 19.9 Å². The fourth-order valence-corrected chi connectivity index (χ4v) is 18.0. The topological polar surface area (TPSA) is 229 Å². The van der Waals surface area contributed by atoms with E-state index < -0.39 is 75.6 Å². The van der Waals surface area contributed by atoms with Gasteiger partial charge in [-0.05, 0) is 107 Å².